The Morgan fingerprint density at radius 2 is 2.19 bits per heavy atom. The SMILES string of the molecule is CCCCN(CCO)c1cc2nc(C)sc2cc1[N+](=O)[O-]. The maximum Gasteiger partial charge on any atom is 0.294 e. The van der Waals surface area contributed by atoms with Crippen LogP contribution in [0.25, 0.3) is 10.2 Å². The third-order valence-corrected chi connectivity index (χ3v) is 4.21. The zero-order chi connectivity index (χ0) is 15.4. The molecule has 2 rings (SSSR count). The molecule has 0 radical (unpaired) electrons. The van der Waals surface area contributed by atoms with Crippen LogP contribution in [-0.4, -0.2) is 34.7 Å². The Morgan fingerprint density at radius 3 is 2.81 bits per heavy atom. The van der Waals surface area contributed by atoms with Crippen LogP contribution in [0.15, 0.2) is 12.1 Å². The zero-order valence-electron chi connectivity index (χ0n) is 12.2. The summed E-state index contributed by atoms with van der Waals surface area (Å²) in [6, 6.07) is 3.36. The Morgan fingerprint density at radius 1 is 1.43 bits per heavy atom. The predicted octanol–water partition coefficient (Wildman–Crippen LogP) is 3.11. The highest BCUT2D eigenvalue weighted by Gasteiger charge is 2.21. The number of nitro benzene ring substituents is 1. The molecule has 0 saturated carbocycles. The van der Waals surface area contributed by atoms with Crippen molar-refractivity contribution in [2.45, 2.75) is 26.7 Å². The molecule has 0 atom stereocenters. The molecule has 0 aliphatic heterocycles. The number of thiazole rings is 1. The van der Waals surface area contributed by atoms with Crippen molar-refractivity contribution in [3.8, 4) is 0 Å². The summed E-state index contributed by atoms with van der Waals surface area (Å²) in [5, 5.41) is 21.5. The molecule has 1 aromatic carbocycles. The Balaban J connectivity index is 2.51. The first-order valence-electron chi connectivity index (χ1n) is 6.98. The predicted molar refractivity (Wildman–Crippen MR) is 85.2 cm³/mol. The van der Waals surface area contributed by atoms with Crippen molar-refractivity contribution in [2.75, 3.05) is 24.6 Å². The number of benzene rings is 1. The van der Waals surface area contributed by atoms with Gasteiger partial charge in [-0.25, -0.2) is 4.98 Å². The molecular formula is C14H19N3O3S. The van der Waals surface area contributed by atoms with Crippen LogP contribution >= 0.6 is 11.3 Å². The van der Waals surface area contributed by atoms with E-state index in [4.69, 9.17) is 0 Å². The van der Waals surface area contributed by atoms with E-state index < -0.39 is 0 Å². The molecule has 0 bridgehead atoms. The van der Waals surface area contributed by atoms with Gasteiger partial charge >= 0.3 is 0 Å². The minimum atomic E-state index is -0.361. The number of hydrogen-bond donors (Lipinski definition) is 1. The monoisotopic (exact) mass is 309 g/mol. The number of rotatable bonds is 7. The normalized spacial score (nSPS) is 11.0. The fourth-order valence-corrected chi connectivity index (χ4v) is 3.13. The summed E-state index contributed by atoms with van der Waals surface area (Å²) in [4.78, 5) is 17.3. The van der Waals surface area contributed by atoms with Gasteiger partial charge in [0.05, 0.1) is 26.8 Å². The Hall–Kier alpha value is -1.73. The summed E-state index contributed by atoms with van der Waals surface area (Å²) in [5.41, 5.74) is 1.40. The lowest BCUT2D eigenvalue weighted by molar-refractivity contribution is -0.384. The van der Waals surface area contributed by atoms with E-state index in [0.717, 1.165) is 28.1 Å². The summed E-state index contributed by atoms with van der Waals surface area (Å²) >= 11 is 1.45. The third-order valence-electron chi connectivity index (χ3n) is 3.28. The number of fused-ring (bicyclic) bond motifs is 1. The van der Waals surface area contributed by atoms with Crippen LogP contribution in [-0.2, 0) is 0 Å². The second kappa shape index (κ2) is 6.82. The molecule has 0 unspecified atom stereocenters. The Bertz CT molecular complexity index is 642. The van der Waals surface area contributed by atoms with E-state index in [1.54, 1.807) is 12.1 Å². The van der Waals surface area contributed by atoms with Gasteiger partial charge in [0.1, 0.15) is 5.69 Å². The molecule has 0 spiro atoms. The summed E-state index contributed by atoms with van der Waals surface area (Å²) in [7, 11) is 0. The molecule has 2 aromatic rings. The van der Waals surface area contributed by atoms with Gasteiger partial charge in [-0.3, -0.25) is 10.1 Å². The number of nitro groups is 1. The number of unbranched alkanes of at least 4 members (excludes halogenated alkanes) is 1. The summed E-state index contributed by atoms with van der Waals surface area (Å²) < 4.78 is 0.822. The molecule has 114 valence electrons. The summed E-state index contributed by atoms with van der Waals surface area (Å²) in [6.45, 7) is 4.99. The van der Waals surface area contributed by atoms with Gasteiger partial charge in [0, 0.05) is 19.2 Å². The van der Waals surface area contributed by atoms with Crippen molar-refractivity contribution in [1.82, 2.24) is 4.98 Å². The van der Waals surface area contributed by atoms with E-state index in [1.807, 2.05) is 11.8 Å². The number of nitrogens with zero attached hydrogens (tertiary/aromatic N) is 3. The smallest absolute Gasteiger partial charge is 0.294 e. The van der Waals surface area contributed by atoms with Crippen LogP contribution in [0.1, 0.15) is 24.8 Å². The van der Waals surface area contributed by atoms with Crippen molar-refractivity contribution in [1.29, 1.82) is 0 Å². The second-order valence-corrected chi connectivity index (χ2v) is 6.10. The maximum absolute atomic E-state index is 11.4. The summed E-state index contributed by atoms with van der Waals surface area (Å²) in [6.07, 6.45) is 1.92. The first kappa shape index (κ1) is 15.7. The average Bonchev–Trinajstić information content (AvgIpc) is 2.81. The van der Waals surface area contributed by atoms with E-state index in [0.29, 0.717) is 18.8 Å². The van der Waals surface area contributed by atoms with Gasteiger partial charge in [0.2, 0.25) is 0 Å². The average molecular weight is 309 g/mol. The van der Waals surface area contributed by atoms with E-state index in [9.17, 15) is 15.2 Å². The lowest BCUT2D eigenvalue weighted by Gasteiger charge is -2.23. The van der Waals surface area contributed by atoms with Crippen molar-refractivity contribution < 1.29 is 10.0 Å². The molecule has 21 heavy (non-hydrogen) atoms. The van der Waals surface area contributed by atoms with Crippen molar-refractivity contribution >= 4 is 32.9 Å². The van der Waals surface area contributed by atoms with Crippen molar-refractivity contribution in [3.63, 3.8) is 0 Å². The number of aliphatic hydroxyl groups excluding tert-OH is 1. The van der Waals surface area contributed by atoms with Gasteiger partial charge in [0.25, 0.3) is 5.69 Å². The highest BCUT2D eigenvalue weighted by Crippen LogP contribution is 2.35. The minimum absolute atomic E-state index is 0.0327. The second-order valence-electron chi connectivity index (χ2n) is 4.86. The van der Waals surface area contributed by atoms with E-state index in [-0.39, 0.29) is 17.2 Å². The van der Waals surface area contributed by atoms with Crippen LogP contribution in [0.2, 0.25) is 0 Å². The van der Waals surface area contributed by atoms with E-state index in [1.165, 1.54) is 11.3 Å². The molecule has 1 N–H and O–H groups in total. The molecule has 0 fully saturated rings. The van der Waals surface area contributed by atoms with Crippen LogP contribution in [0.5, 0.6) is 0 Å². The molecule has 0 amide bonds. The fraction of sp³-hybridized carbons (Fsp3) is 0.500. The topological polar surface area (TPSA) is 79.5 Å². The highest BCUT2D eigenvalue weighted by molar-refractivity contribution is 7.18. The number of aryl methyl sites for hydroxylation is 1. The largest absolute Gasteiger partial charge is 0.395 e. The third kappa shape index (κ3) is 3.48. The zero-order valence-corrected chi connectivity index (χ0v) is 13.0. The summed E-state index contributed by atoms with van der Waals surface area (Å²) in [5.74, 6) is 0. The van der Waals surface area contributed by atoms with Gasteiger partial charge in [-0.15, -0.1) is 11.3 Å². The molecule has 1 aromatic heterocycles. The fourth-order valence-electron chi connectivity index (χ4n) is 2.29. The quantitative estimate of drug-likeness (QED) is 0.628. The lowest BCUT2D eigenvalue weighted by atomic mass is 10.2. The first-order valence-corrected chi connectivity index (χ1v) is 7.79. The molecule has 6 nitrogen and oxygen atoms in total. The number of hydrogen-bond acceptors (Lipinski definition) is 6. The number of anilines is 1. The van der Waals surface area contributed by atoms with Gasteiger partial charge in [0.15, 0.2) is 0 Å². The molecule has 0 saturated heterocycles. The highest BCUT2D eigenvalue weighted by atomic mass is 32.1. The molecule has 0 aliphatic rings. The van der Waals surface area contributed by atoms with Gasteiger partial charge in [-0.05, 0) is 19.4 Å². The van der Waals surface area contributed by atoms with Crippen LogP contribution < -0.4 is 4.90 Å². The van der Waals surface area contributed by atoms with E-state index >= 15 is 0 Å². The Labute approximate surface area is 127 Å². The van der Waals surface area contributed by atoms with Crippen LogP contribution in [0.4, 0.5) is 11.4 Å². The van der Waals surface area contributed by atoms with Crippen molar-refractivity contribution in [3.05, 3.63) is 27.3 Å². The van der Waals surface area contributed by atoms with Gasteiger partial charge in [-0.2, -0.15) is 0 Å². The standard InChI is InChI=1S/C14H19N3O3S/c1-3-4-5-16(6-7-18)12-8-11-14(21-10(2)15-11)9-13(12)17(19)20/h8-9,18H,3-7H2,1-2H3. The lowest BCUT2D eigenvalue weighted by Crippen LogP contribution is -2.28. The number of aliphatic hydroxyl groups is 1. The van der Waals surface area contributed by atoms with E-state index in [2.05, 4.69) is 11.9 Å². The molecule has 0 aliphatic carbocycles. The molecule has 7 heteroatoms. The van der Waals surface area contributed by atoms with Crippen molar-refractivity contribution in [2.24, 2.45) is 0 Å². The van der Waals surface area contributed by atoms with Gasteiger partial charge in [-0.1, -0.05) is 13.3 Å². The molecule has 1 heterocycles. The maximum atomic E-state index is 11.4. The molecular weight excluding hydrogens is 290 g/mol. The van der Waals surface area contributed by atoms with Crippen LogP contribution in [0, 0.1) is 17.0 Å². The van der Waals surface area contributed by atoms with Crippen LogP contribution in [0.3, 0.4) is 0 Å². The Kier molecular flexibility index (Phi) is 5.08. The first-order chi connectivity index (χ1) is 10.1. The van der Waals surface area contributed by atoms with Gasteiger partial charge < -0.3 is 10.0 Å². The minimum Gasteiger partial charge on any atom is -0.395 e. The number of aromatic nitrogens is 1.